The minimum atomic E-state index is -1.17. The number of aryl methyl sites for hydroxylation is 1. The number of aromatic nitrogens is 3. The fraction of sp³-hybridized carbons (Fsp3) is 0.429. The Bertz CT molecular complexity index is 865. The fourth-order valence-electron chi connectivity index (χ4n) is 2.73. The van der Waals surface area contributed by atoms with Crippen LogP contribution in [0.25, 0.3) is 11.0 Å². The Morgan fingerprint density at radius 1 is 1.64 bits per heavy atom. The zero-order valence-corrected chi connectivity index (χ0v) is 12.8. The Morgan fingerprint density at radius 3 is 3.05 bits per heavy atom. The van der Waals surface area contributed by atoms with Crippen LogP contribution in [0.2, 0.25) is 0 Å². The Labute approximate surface area is 130 Å². The van der Waals surface area contributed by atoms with Crippen molar-refractivity contribution in [2.45, 2.75) is 32.4 Å². The molecular formula is C14H15N3O4S. The summed E-state index contributed by atoms with van der Waals surface area (Å²) in [6.07, 6.45) is 1.88. The van der Waals surface area contributed by atoms with Gasteiger partial charge in [0.2, 0.25) is 0 Å². The molecule has 0 aromatic carbocycles. The smallest absolute Gasteiger partial charge is 0.336 e. The van der Waals surface area contributed by atoms with Gasteiger partial charge >= 0.3 is 5.97 Å². The van der Waals surface area contributed by atoms with Gasteiger partial charge < -0.3 is 9.84 Å². The Hall–Kier alpha value is -2.06. The summed E-state index contributed by atoms with van der Waals surface area (Å²) in [6, 6.07) is 1.39. The summed E-state index contributed by atoms with van der Waals surface area (Å²) in [4.78, 5) is 30.4. The number of hydrogen-bond acceptors (Lipinski definition) is 5. The largest absolute Gasteiger partial charge is 0.478 e. The lowest BCUT2D eigenvalue weighted by molar-refractivity contribution is 0.0698. The lowest BCUT2D eigenvalue weighted by atomic mass is 10.1. The van der Waals surface area contributed by atoms with Gasteiger partial charge in [-0.1, -0.05) is 0 Å². The first-order valence-corrected chi connectivity index (χ1v) is 7.37. The van der Waals surface area contributed by atoms with E-state index >= 15 is 0 Å². The maximum absolute atomic E-state index is 12.2. The minimum Gasteiger partial charge on any atom is -0.478 e. The van der Waals surface area contributed by atoms with E-state index in [2.05, 4.69) is 9.97 Å². The number of ether oxygens (including phenoxy) is 1. The predicted octanol–water partition coefficient (Wildman–Crippen LogP) is 1.64. The van der Waals surface area contributed by atoms with Crippen molar-refractivity contribution in [3.05, 3.63) is 32.4 Å². The number of carboxylic acid groups (broad SMARTS) is 1. The standard InChI is InChI=1S/C14H15N3O4S/c1-7-5-9(13(19)20)10-11(15-7)17(14(22)16-12(10)18)6-8-3-2-4-21-8/h5,8H,2-4,6H2,1H3,(H,19,20)(H,16,18,22). The van der Waals surface area contributed by atoms with Gasteiger partial charge in [-0.05, 0) is 38.0 Å². The molecule has 3 heterocycles. The highest BCUT2D eigenvalue weighted by molar-refractivity contribution is 7.71. The molecule has 2 N–H and O–H groups in total. The van der Waals surface area contributed by atoms with Crippen LogP contribution >= 0.6 is 12.2 Å². The minimum absolute atomic E-state index is 0.00334. The summed E-state index contributed by atoms with van der Waals surface area (Å²) in [6.45, 7) is 2.83. The summed E-state index contributed by atoms with van der Waals surface area (Å²) < 4.78 is 7.47. The molecular weight excluding hydrogens is 306 g/mol. The molecule has 0 radical (unpaired) electrons. The summed E-state index contributed by atoms with van der Waals surface area (Å²) in [5.74, 6) is -1.17. The summed E-state index contributed by atoms with van der Waals surface area (Å²) in [7, 11) is 0. The van der Waals surface area contributed by atoms with Crippen molar-refractivity contribution in [3.63, 3.8) is 0 Å². The number of nitrogens with zero attached hydrogens (tertiary/aromatic N) is 2. The van der Waals surface area contributed by atoms with Crippen molar-refractivity contribution in [2.24, 2.45) is 0 Å². The molecule has 1 atom stereocenters. The molecule has 7 nitrogen and oxygen atoms in total. The molecule has 1 aliphatic heterocycles. The Morgan fingerprint density at radius 2 is 2.41 bits per heavy atom. The summed E-state index contributed by atoms with van der Waals surface area (Å²) >= 11 is 5.22. The average molecular weight is 321 g/mol. The molecule has 1 saturated heterocycles. The third kappa shape index (κ3) is 2.55. The van der Waals surface area contributed by atoms with Gasteiger partial charge in [-0.25, -0.2) is 9.78 Å². The third-order valence-electron chi connectivity index (χ3n) is 3.72. The van der Waals surface area contributed by atoms with E-state index in [9.17, 15) is 14.7 Å². The molecule has 1 unspecified atom stereocenters. The average Bonchev–Trinajstić information content (AvgIpc) is 2.95. The number of carbonyl (C=O) groups is 1. The van der Waals surface area contributed by atoms with Crippen molar-refractivity contribution in [1.82, 2.24) is 14.5 Å². The lowest BCUT2D eigenvalue weighted by Gasteiger charge is -2.15. The van der Waals surface area contributed by atoms with Crippen molar-refractivity contribution >= 4 is 29.2 Å². The molecule has 0 spiro atoms. The van der Waals surface area contributed by atoms with Gasteiger partial charge in [0.05, 0.1) is 23.6 Å². The van der Waals surface area contributed by atoms with Crippen molar-refractivity contribution in [1.29, 1.82) is 0 Å². The lowest BCUT2D eigenvalue weighted by Crippen LogP contribution is -2.23. The number of hydrogen-bond donors (Lipinski definition) is 2. The van der Waals surface area contributed by atoms with Crippen LogP contribution in [0.3, 0.4) is 0 Å². The number of aromatic carboxylic acids is 1. The van der Waals surface area contributed by atoms with Gasteiger partial charge in [0.25, 0.3) is 5.56 Å². The van der Waals surface area contributed by atoms with E-state index < -0.39 is 11.5 Å². The highest BCUT2D eigenvalue weighted by atomic mass is 32.1. The predicted molar refractivity (Wildman–Crippen MR) is 81.9 cm³/mol. The molecule has 1 aliphatic rings. The number of aromatic amines is 1. The molecule has 0 bridgehead atoms. The van der Waals surface area contributed by atoms with Crippen LogP contribution in [0.5, 0.6) is 0 Å². The van der Waals surface area contributed by atoms with Crippen LogP contribution in [0.1, 0.15) is 28.9 Å². The Balaban J connectivity index is 2.29. The van der Waals surface area contributed by atoms with E-state index in [-0.39, 0.29) is 21.8 Å². The van der Waals surface area contributed by atoms with Gasteiger partial charge in [-0.3, -0.25) is 14.3 Å². The monoisotopic (exact) mass is 321 g/mol. The number of H-pyrrole nitrogens is 1. The molecule has 3 rings (SSSR count). The molecule has 116 valence electrons. The summed E-state index contributed by atoms with van der Waals surface area (Å²) in [5.41, 5.74) is 0.209. The normalized spacial score (nSPS) is 18.0. The molecule has 2 aromatic heterocycles. The van der Waals surface area contributed by atoms with Crippen LogP contribution in [-0.4, -0.2) is 38.3 Å². The quantitative estimate of drug-likeness (QED) is 0.834. The first-order valence-electron chi connectivity index (χ1n) is 6.96. The van der Waals surface area contributed by atoms with Crippen LogP contribution in [0, 0.1) is 11.7 Å². The second-order valence-electron chi connectivity index (χ2n) is 5.32. The number of nitrogens with one attached hydrogen (secondary N) is 1. The van der Waals surface area contributed by atoms with E-state index in [0.29, 0.717) is 24.5 Å². The second-order valence-corrected chi connectivity index (χ2v) is 5.71. The first kappa shape index (κ1) is 14.9. The highest BCUT2D eigenvalue weighted by Crippen LogP contribution is 2.19. The number of carboxylic acids is 1. The van der Waals surface area contributed by atoms with Crippen LogP contribution in [0.4, 0.5) is 0 Å². The highest BCUT2D eigenvalue weighted by Gasteiger charge is 2.21. The fourth-order valence-corrected chi connectivity index (χ4v) is 2.98. The van der Waals surface area contributed by atoms with E-state index in [1.807, 2.05) is 0 Å². The van der Waals surface area contributed by atoms with Crippen LogP contribution in [0.15, 0.2) is 10.9 Å². The zero-order chi connectivity index (χ0) is 15.9. The molecule has 0 amide bonds. The Kier molecular flexibility index (Phi) is 3.79. The van der Waals surface area contributed by atoms with Gasteiger partial charge in [0.15, 0.2) is 4.77 Å². The molecule has 8 heteroatoms. The molecule has 1 fully saturated rings. The summed E-state index contributed by atoms with van der Waals surface area (Å²) in [5, 5.41) is 9.38. The van der Waals surface area contributed by atoms with Gasteiger partial charge in [-0.15, -0.1) is 0 Å². The maximum atomic E-state index is 12.2. The van der Waals surface area contributed by atoms with E-state index in [0.717, 1.165) is 12.8 Å². The SMILES string of the molecule is Cc1cc(C(=O)O)c2c(=O)[nH]c(=S)n(CC3CCCO3)c2n1. The topological polar surface area (TPSA) is 97.2 Å². The zero-order valence-electron chi connectivity index (χ0n) is 12.0. The van der Waals surface area contributed by atoms with E-state index in [4.69, 9.17) is 17.0 Å². The number of pyridine rings is 1. The molecule has 22 heavy (non-hydrogen) atoms. The van der Waals surface area contributed by atoms with Crippen molar-refractivity contribution in [2.75, 3.05) is 6.61 Å². The number of fused-ring (bicyclic) bond motifs is 1. The van der Waals surface area contributed by atoms with Crippen molar-refractivity contribution in [3.8, 4) is 0 Å². The van der Waals surface area contributed by atoms with Crippen LogP contribution < -0.4 is 5.56 Å². The van der Waals surface area contributed by atoms with Gasteiger partial charge in [-0.2, -0.15) is 0 Å². The van der Waals surface area contributed by atoms with Gasteiger partial charge in [0, 0.05) is 12.3 Å². The molecule has 0 saturated carbocycles. The maximum Gasteiger partial charge on any atom is 0.336 e. The number of rotatable bonds is 3. The van der Waals surface area contributed by atoms with Crippen LogP contribution in [-0.2, 0) is 11.3 Å². The molecule has 0 aliphatic carbocycles. The third-order valence-corrected chi connectivity index (χ3v) is 4.04. The second kappa shape index (κ2) is 5.62. The molecule has 2 aromatic rings. The van der Waals surface area contributed by atoms with Gasteiger partial charge in [0.1, 0.15) is 5.65 Å². The van der Waals surface area contributed by atoms with Crippen molar-refractivity contribution < 1.29 is 14.6 Å². The first-order chi connectivity index (χ1) is 10.5. The van der Waals surface area contributed by atoms with E-state index in [1.54, 1.807) is 11.5 Å². The van der Waals surface area contributed by atoms with E-state index in [1.165, 1.54) is 6.07 Å².